The number of carbonyl (C=O) groups is 1. The standard InChI is InChI=1S/C15H25N3O/c1-4-10-15(3,16)14(19)18-12(2)11-17-13-8-6-5-7-9-13/h5-9,12,17H,4,10-11,16H2,1-3H3,(H,18,19). The highest BCUT2D eigenvalue weighted by Gasteiger charge is 2.27. The van der Waals surface area contributed by atoms with Crippen molar-refractivity contribution in [2.45, 2.75) is 45.2 Å². The molecule has 0 saturated heterocycles. The molecule has 4 heteroatoms. The molecule has 0 aromatic heterocycles. The Morgan fingerprint density at radius 2 is 2.00 bits per heavy atom. The fraction of sp³-hybridized carbons (Fsp3) is 0.533. The molecule has 0 aliphatic rings. The summed E-state index contributed by atoms with van der Waals surface area (Å²) in [6, 6.07) is 9.96. The third kappa shape index (κ3) is 5.30. The third-order valence-electron chi connectivity index (χ3n) is 3.05. The number of anilines is 1. The molecule has 1 aromatic rings. The van der Waals surface area contributed by atoms with Crippen LogP contribution in [-0.2, 0) is 4.79 Å². The van der Waals surface area contributed by atoms with Crippen LogP contribution in [0, 0.1) is 0 Å². The van der Waals surface area contributed by atoms with Gasteiger partial charge in [0, 0.05) is 18.3 Å². The largest absolute Gasteiger partial charge is 0.383 e. The van der Waals surface area contributed by atoms with Crippen molar-refractivity contribution in [3.8, 4) is 0 Å². The van der Waals surface area contributed by atoms with Gasteiger partial charge in [0.2, 0.25) is 5.91 Å². The van der Waals surface area contributed by atoms with Crippen molar-refractivity contribution in [1.29, 1.82) is 0 Å². The number of nitrogens with two attached hydrogens (primary N) is 1. The molecule has 2 atom stereocenters. The zero-order valence-electron chi connectivity index (χ0n) is 12.1. The van der Waals surface area contributed by atoms with Gasteiger partial charge < -0.3 is 16.4 Å². The van der Waals surface area contributed by atoms with Gasteiger partial charge in [-0.2, -0.15) is 0 Å². The number of nitrogens with one attached hydrogen (secondary N) is 2. The lowest BCUT2D eigenvalue weighted by atomic mass is 9.96. The van der Waals surface area contributed by atoms with E-state index in [-0.39, 0.29) is 11.9 Å². The lowest BCUT2D eigenvalue weighted by Gasteiger charge is -2.25. The van der Waals surface area contributed by atoms with E-state index < -0.39 is 5.54 Å². The molecule has 0 bridgehead atoms. The summed E-state index contributed by atoms with van der Waals surface area (Å²) in [5.41, 5.74) is 6.26. The van der Waals surface area contributed by atoms with E-state index in [1.165, 1.54) is 0 Å². The van der Waals surface area contributed by atoms with Crippen molar-refractivity contribution in [3.63, 3.8) is 0 Å². The van der Waals surface area contributed by atoms with Gasteiger partial charge in [-0.15, -0.1) is 0 Å². The zero-order valence-corrected chi connectivity index (χ0v) is 12.1. The van der Waals surface area contributed by atoms with E-state index in [9.17, 15) is 4.79 Å². The van der Waals surface area contributed by atoms with Gasteiger partial charge in [0.15, 0.2) is 0 Å². The maximum Gasteiger partial charge on any atom is 0.240 e. The van der Waals surface area contributed by atoms with Crippen molar-refractivity contribution in [1.82, 2.24) is 5.32 Å². The molecular weight excluding hydrogens is 238 g/mol. The first kappa shape index (κ1) is 15.5. The Morgan fingerprint density at radius 3 is 2.58 bits per heavy atom. The van der Waals surface area contributed by atoms with Crippen molar-refractivity contribution in [2.24, 2.45) is 5.73 Å². The summed E-state index contributed by atoms with van der Waals surface area (Å²) in [5, 5.41) is 6.23. The summed E-state index contributed by atoms with van der Waals surface area (Å²) in [5.74, 6) is -0.0864. The maximum atomic E-state index is 12.0. The summed E-state index contributed by atoms with van der Waals surface area (Å²) in [6.45, 7) is 6.45. The van der Waals surface area contributed by atoms with Crippen molar-refractivity contribution < 1.29 is 4.79 Å². The number of hydrogen-bond acceptors (Lipinski definition) is 3. The first-order chi connectivity index (χ1) is 8.95. The second-order valence-electron chi connectivity index (χ2n) is 5.29. The molecule has 1 rings (SSSR count). The van der Waals surface area contributed by atoms with Gasteiger partial charge in [-0.25, -0.2) is 0 Å². The fourth-order valence-electron chi connectivity index (χ4n) is 1.90. The van der Waals surface area contributed by atoms with E-state index in [1.807, 2.05) is 44.2 Å². The quantitative estimate of drug-likeness (QED) is 0.706. The number of hydrogen-bond donors (Lipinski definition) is 3. The van der Waals surface area contributed by atoms with Crippen LogP contribution in [0.15, 0.2) is 30.3 Å². The molecule has 4 N–H and O–H groups in total. The second-order valence-corrected chi connectivity index (χ2v) is 5.29. The van der Waals surface area contributed by atoms with E-state index >= 15 is 0 Å². The first-order valence-corrected chi connectivity index (χ1v) is 6.84. The van der Waals surface area contributed by atoms with E-state index in [0.29, 0.717) is 13.0 Å². The average molecular weight is 263 g/mol. The Labute approximate surface area is 115 Å². The summed E-state index contributed by atoms with van der Waals surface area (Å²) in [4.78, 5) is 12.0. The van der Waals surface area contributed by atoms with Crippen LogP contribution in [0.25, 0.3) is 0 Å². The van der Waals surface area contributed by atoms with Crippen LogP contribution in [0.3, 0.4) is 0 Å². The van der Waals surface area contributed by atoms with Crippen LogP contribution >= 0.6 is 0 Å². The third-order valence-corrected chi connectivity index (χ3v) is 3.05. The number of amides is 1. The topological polar surface area (TPSA) is 67.2 Å². The normalized spacial score (nSPS) is 15.4. The summed E-state index contributed by atoms with van der Waals surface area (Å²) < 4.78 is 0. The monoisotopic (exact) mass is 263 g/mol. The van der Waals surface area contributed by atoms with Gasteiger partial charge in [-0.05, 0) is 32.4 Å². The highest BCUT2D eigenvalue weighted by atomic mass is 16.2. The molecule has 2 unspecified atom stereocenters. The predicted molar refractivity (Wildman–Crippen MR) is 80.0 cm³/mol. The average Bonchev–Trinajstić information content (AvgIpc) is 2.37. The molecule has 0 aliphatic carbocycles. The van der Waals surface area contributed by atoms with Crippen LogP contribution in [-0.4, -0.2) is 24.0 Å². The minimum atomic E-state index is -0.782. The number of rotatable bonds is 7. The first-order valence-electron chi connectivity index (χ1n) is 6.84. The lowest BCUT2D eigenvalue weighted by molar-refractivity contribution is -0.126. The molecule has 0 spiro atoms. The number of carbonyl (C=O) groups excluding carboxylic acids is 1. The molecule has 0 radical (unpaired) electrons. The summed E-state index contributed by atoms with van der Waals surface area (Å²) in [7, 11) is 0. The highest BCUT2D eigenvalue weighted by Crippen LogP contribution is 2.09. The van der Waals surface area contributed by atoms with Gasteiger partial charge >= 0.3 is 0 Å². The van der Waals surface area contributed by atoms with Crippen molar-refractivity contribution >= 4 is 11.6 Å². The van der Waals surface area contributed by atoms with E-state index in [0.717, 1.165) is 12.1 Å². The van der Waals surface area contributed by atoms with Gasteiger partial charge in [-0.3, -0.25) is 4.79 Å². The fourth-order valence-corrected chi connectivity index (χ4v) is 1.90. The summed E-state index contributed by atoms with van der Waals surface area (Å²) in [6.07, 6.45) is 1.59. The highest BCUT2D eigenvalue weighted by molar-refractivity contribution is 5.85. The van der Waals surface area contributed by atoms with Crippen molar-refractivity contribution in [2.75, 3.05) is 11.9 Å². The van der Waals surface area contributed by atoms with Crippen LogP contribution < -0.4 is 16.4 Å². The van der Waals surface area contributed by atoms with E-state index in [4.69, 9.17) is 5.73 Å². The second kappa shape index (κ2) is 7.14. The number of benzene rings is 1. The molecule has 1 amide bonds. The van der Waals surface area contributed by atoms with Gasteiger partial charge in [0.1, 0.15) is 0 Å². The van der Waals surface area contributed by atoms with Gasteiger partial charge in [-0.1, -0.05) is 31.5 Å². The molecule has 4 nitrogen and oxygen atoms in total. The molecule has 19 heavy (non-hydrogen) atoms. The van der Waals surface area contributed by atoms with E-state index in [1.54, 1.807) is 6.92 Å². The smallest absolute Gasteiger partial charge is 0.240 e. The predicted octanol–water partition coefficient (Wildman–Crippen LogP) is 2.12. The van der Waals surface area contributed by atoms with Crippen LogP contribution in [0.5, 0.6) is 0 Å². The number of para-hydroxylation sites is 1. The summed E-state index contributed by atoms with van der Waals surface area (Å²) >= 11 is 0. The minimum absolute atomic E-state index is 0.0347. The Balaban J connectivity index is 2.39. The SMILES string of the molecule is CCCC(C)(N)C(=O)NC(C)CNc1ccccc1. The lowest BCUT2D eigenvalue weighted by Crippen LogP contribution is -2.54. The Morgan fingerprint density at radius 1 is 1.37 bits per heavy atom. The molecule has 106 valence electrons. The molecule has 0 aliphatic heterocycles. The van der Waals surface area contributed by atoms with Crippen LogP contribution in [0.4, 0.5) is 5.69 Å². The van der Waals surface area contributed by atoms with Gasteiger partial charge in [0.25, 0.3) is 0 Å². The minimum Gasteiger partial charge on any atom is -0.383 e. The van der Waals surface area contributed by atoms with Gasteiger partial charge in [0.05, 0.1) is 5.54 Å². The van der Waals surface area contributed by atoms with Crippen molar-refractivity contribution in [3.05, 3.63) is 30.3 Å². The van der Waals surface area contributed by atoms with E-state index in [2.05, 4.69) is 10.6 Å². The molecule has 0 fully saturated rings. The molecule has 1 aromatic carbocycles. The zero-order chi connectivity index (χ0) is 14.3. The molecular formula is C15H25N3O. The Bertz CT molecular complexity index is 390. The Kier molecular flexibility index (Phi) is 5.83. The maximum absolute atomic E-state index is 12.0. The Hall–Kier alpha value is -1.55. The molecule has 0 saturated carbocycles. The van der Waals surface area contributed by atoms with Crippen LogP contribution in [0.1, 0.15) is 33.6 Å². The molecule has 0 heterocycles. The van der Waals surface area contributed by atoms with Crippen LogP contribution in [0.2, 0.25) is 0 Å².